The molecule has 3 fully saturated rings. The summed E-state index contributed by atoms with van der Waals surface area (Å²) >= 11 is 17.3. The van der Waals surface area contributed by atoms with E-state index in [-0.39, 0.29) is 36.3 Å². The molecule has 2 saturated heterocycles. The topological polar surface area (TPSA) is 95.0 Å². The minimum absolute atomic E-state index is 0.0140. The maximum absolute atomic E-state index is 14.6. The summed E-state index contributed by atoms with van der Waals surface area (Å²) in [4.78, 5) is 52.6. The maximum atomic E-state index is 14.6. The minimum Gasteiger partial charge on any atom is -0.505 e. The standard InChI is InChI=1S/C28H22BrCl2FN2O5/c29-13-34-25(38)27(30)11-18-15(21(28(27,31)26(34)39)17-7-4-8-19(32)22(17)35)9-10-16-20(18)24(37)33(23(16)36)12-14-5-2-1-3-6-14/h1-9,16,18,20-21,35H,10-13H2. The number of hydrogen-bond acceptors (Lipinski definition) is 5. The quantitative estimate of drug-likeness (QED) is 0.232. The fourth-order valence-corrected chi connectivity index (χ4v) is 8.27. The van der Waals surface area contributed by atoms with E-state index >= 15 is 0 Å². The van der Waals surface area contributed by atoms with Crippen molar-refractivity contribution in [3.8, 4) is 5.75 Å². The van der Waals surface area contributed by atoms with Gasteiger partial charge >= 0.3 is 0 Å². The van der Waals surface area contributed by atoms with Crippen LogP contribution in [0.25, 0.3) is 0 Å². The summed E-state index contributed by atoms with van der Waals surface area (Å²) in [6.45, 7) is 0.0991. The number of phenolic OH excluding ortho intramolecular Hbond substituents is 1. The molecular formula is C28H22BrCl2FN2O5. The van der Waals surface area contributed by atoms with E-state index in [2.05, 4.69) is 15.9 Å². The van der Waals surface area contributed by atoms with Crippen LogP contribution in [0.15, 0.2) is 60.2 Å². The molecule has 0 radical (unpaired) electrons. The highest BCUT2D eigenvalue weighted by Crippen LogP contribution is 2.66. The van der Waals surface area contributed by atoms with E-state index in [0.29, 0.717) is 5.57 Å². The predicted molar refractivity (Wildman–Crippen MR) is 143 cm³/mol. The minimum atomic E-state index is -2.10. The molecule has 6 rings (SSSR count). The molecule has 2 aromatic carbocycles. The molecular weight excluding hydrogens is 614 g/mol. The van der Waals surface area contributed by atoms with Gasteiger partial charge in [0.2, 0.25) is 11.8 Å². The van der Waals surface area contributed by atoms with E-state index in [0.717, 1.165) is 16.5 Å². The zero-order valence-electron chi connectivity index (χ0n) is 20.3. The van der Waals surface area contributed by atoms with Gasteiger partial charge in [0.05, 0.1) is 23.8 Å². The molecule has 6 atom stereocenters. The van der Waals surface area contributed by atoms with Crippen LogP contribution >= 0.6 is 39.1 Å². The highest BCUT2D eigenvalue weighted by molar-refractivity contribution is 9.09. The average molecular weight is 636 g/mol. The third-order valence-electron chi connectivity index (χ3n) is 8.62. The number of aromatic hydroxyl groups is 1. The number of rotatable bonds is 4. The van der Waals surface area contributed by atoms with E-state index in [1.54, 1.807) is 6.08 Å². The van der Waals surface area contributed by atoms with Gasteiger partial charge in [-0.25, -0.2) is 4.39 Å². The number of phenols is 1. The van der Waals surface area contributed by atoms with E-state index in [1.165, 1.54) is 17.0 Å². The number of hydrogen-bond donors (Lipinski definition) is 1. The number of likely N-dealkylation sites (tertiary alicyclic amines) is 2. The molecule has 7 nitrogen and oxygen atoms in total. The number of halogens is 4. The molecule has 4 amide bonds. The molecule has 2 heterocycles. The van der Waals surface area contributed by atoms with Gasteiger partial charge in [-0.1, -0.05) is 70.0 Å². The Morgan fingerprint density at radius 1 is 0.949 bits per heavy atom. The van der Waals surface area contributed by atoms with Crippen LogP contribution in [0.5, 0.6) is 5.75 Å². The maximum Gasteiger partial charge on any atom is 0.254 e. The van der Waals surface area contributed by atoms with Gasteiger partial charge < -0.3 is 5.11 Å². The van der Waals surface area contributed by atoms with Crippen LogP contribution in [-0.2, 0) is 25.7 Å². The summed E-state index contributed by atoms with van der Waals surface area (Å²) in [6, 6.07) is 13.0. The number of nitrogens with zero attached hydrogens (tertiary/aromatic N) is 2. The number of carbonyl (C=O) groups excluding carboxylic acids is 4. The summed E-state index contributed by atoms with van der Waals surface area (Å²) in [5, 5.41) is 10.8. The van der Waals surface area contributed by atoms with Crippen molar-refractivity contribution in [2.24, 2.45) is 17.8 Å². The van der Waals surface area contributed by atoms with Crippen molar-refractivity contribution in [3.05, 3.63) is 77.1 Å². The first kappa shape index (κ1) is 26.5. The fourth-order valence-electron chi connectivity index (χ4n) is 6.85. The monoisotopic (exact) mass is 634 g/mol. The van der Waals surface area contributed by atoms with E-state index < -0.39 is 62.7 Å². The van der Waals surface area contributed by atoms with Crippen LogP contribution in [-0.4, -0.2) is 53.7 Å². The van der Waals surface area contributed by atoms with Gasteiger partial charge in [0.1, 0.15) is 0 Å². The summed E-state index contributed by atoms with van der Waals surface area (Å²) in [5.41, 5.74) is 1.09. The van der Waals surface area contributed by atoms with Crippen LogP contribution in [0.1, 0.15) is 29.9 Å². The number of benzene rings is 2. The first-order chi connectivity index (χ1) is 18.6. The summed E-state index contributed by atoms with van der Waals surface area (Å²) in [7, 11) is 0. The number of imide groups is 2. The van der Waals surface area contributed by atoms with Gasteiger partial charge in [-0.3, -0.25) is 29.0 Å². The third kappa shape index (κ3) is 3.45. The lowest BCUT2D eigenvalue weighted by molar-refractivity contribution is -0.141. The Bertz CT molecular complexity index is 1470. The van der Waals surface area contributed by atoms with E-state index in [1.807, 2.05) is 30.3 Å². The van der Waals surface area contributed by atoms with Crippen LogP contribution in [0.2, 0.25) is 0 Å². The smallest absolute Gasteiger partial charge is 0.254 e. The second-order valence-corrected chi connectivity index (χ2v) is 12.2. The zero-order valence-corrected chi connectivity index (χ0v) is 23.4. The highest BCUT2D eigenvalue weighted by Gasteiger charge is 2.76. The Kier molecular flexibility index (Phi) is 6.21. The highest BCUT2D eigenvalue weighted by atomic mass is 79.9. The lowest BCUT2D eigenvalue weighted by Gasteiger charge is -2.50. The largest absolute Gasteiger partial charge is 0.505 e. The van der Waals surface area contributed by atoms with E-state index in [9.17, 15) is 28.7 Å². The van der Waals surface area contributed by atoms with Crippen molar-refractivity contribution in [2.75, 3.05) is 5.45 Å². The van der Waals surface area contributed by atoms with Gasteiger partial charge in [-0.05, 0) is 30.4 Å². The SMILES string of the molecule is O=C1C2CC=C3C(CC4(Cl)C(=O)N(CBr)C(=O)C4(Cl)C3c3cccc(F)c3O)C2C(=O)N1Cc1ccccc1. The van der Waals surface area contributed by atoms with Crippen molar-refractivity contribution in [1.29, 1.82) is 0 Å². The van der Waals surface area contributed by atoms with E-state index in [4.69, 9.17) is 23.2 Å². The first-order valence-corrected chi connectivity index (χ1v) is 14.3. The van der Waals surface area contributed by atoms with Crippen molar-refractivity contribution in [2.45, 2.75) is 35.1 Å². The van der Waals surface area contributed by atoms with Crippen LogP contribution in [0.4, 0.5) is 4.39 Å². The van der Waals surface area contributed by atoms with Crippen molar-refractivity contribution >= 4 is 62.8 Å². The third-order valence-corrected chi connectivity index (χ3v) is 10.5. The van der Waals surface area contributed by atoms with Crippen LogP contribution < -0.4 is 0 Å². The number of fused-ring (bicyclic) bond motifs is 4. The van der Waals surface area contributed by atoms with Crippen LogP contribution in [0, 0.1) is 23.6 Å². The number of allylic oxidation sites excluding steroid dienone is 2. The second kappa shape index (κ2) is 9.14. The molecule has 0 spiro atoms. The second-order valence-electron chi connectivity index (χ2n) is 10.4. The molecule has 0 bridgehead atoms. The number of alkyl halides is 3. The Balaban J connectivity index is 1.50. The Hall–Kier alpha value is -2.75. The molecule has 202 valence electrons. The molecule has 1 N–H and O–H groups in total. The molecule has 39 heavy (non-hydrogen) atoms. The fraction of sp³-hybridized carbons (Fsp3) is 0.357. The predicted octanol–water partition coefficient (Wildman–Crippen LogP) is 4.44. The molecule has 2 aliphatic carbocycles. The molecule has 6 unspecified atom stereocenters. The number of carbonyl (C=O) groups is 4. The lowest BCUT2D eigenvalue weighted by Crippen LogP contribution is -2.60. The van der Waals surface area contributed by atoms with Crippen molar-refractivity contribution in [1.82, 2.24) is 9.80 Å². The number of para-hydroxylation sites is 1. The zero-order chi connectivity index (χ0) is 27.9. The average Bonchev–Trinajstić information content (AvgIpc) is 3.24. The van der Waals surface area contributed by atoms with Gasteiger partial charge in [0.25, 0.3) is 11.8 Å². The van der Waals surface area contributed by atoms with Crippen LogP contribution in [0.3, 0.4) is 0 Å². The molecule has 4 aliphatic rings. The molecule has 2 aromatic rings. The molecule has 11 heteroatoms. The van der Waals surface area contributed by atoms with Gasteiger partial charge in [-0.15, -0.1) is 23.2 Å². The Labute approximate surface area is 241 Å². The first-order valence-electron chi connectivity index (χ1n) is 12.4. The lowest BCUT2D eigenvalue weighted by atomic mass is 9.56. The molecule has 2 aliphatic heterocycles. The van der Waals surface area contributed by atoms with Crippen molar-refractivity contribution < 1.29 is 28.7 Å². The summed E-state index contributed by atoms with van der Waals surface area (Å²) in [5.74, 6) is -7.40. The summed E-state index contributed by atoms with van der Waals surface area (Å²) in [6.07, 6.45) is 1.75. The summed E-state index contributed by atoms with van der Waals surface area (Å²) < 4.78 is 14.6. The van der Waals surface area contributed by atoms with Crippen molar-refractivity contribution in [3.63, 3.8) is 0 Å². The molecule has 1 saturated carbocycles. The Morgan fingerprint density at radius 3 is 2.36 bits per heavy atom. The van der Waals surface area contributed by atoms with Gasteiger partial charge in [-0.2, -0.15) is 0 Å². The molecule has 0 aromatic heterocycles. The van der Waals surface area contributed by atoms with Gasteiger partial charge in [0.15, 0.2) is 21.3 Å². The Morgan fingerprint density at radius 2 is 1.67 bits per heavy atom. The number of amides is 4. The van der Waals surface area contributed by atoms with Gasteiger partial charge in [0, 0.05) is 11.5 Å². The normalized spacial score (nSPS) is 33.7.